The summed E-state index contributed by atoms with van der Waals surface area (Å²) in [6.07, 6.45) is -7.70. The fraction of sp³-hybridized carbons (Fsp3) is 0.250. The molecule has 0 atom stereocenters. The lowest BCUT2D eigenvalue weighted by Crippen LogP contribution is -2.20. The highest BCUT2D eigenvalue weighted by molar-refractivity contribution is 5.91. The van der Waals surface area contributed by atoms with Gasteiger partial charge in [-0.05, 0) is 42.3 Å². The minimum Gasteiger partial charge on any atom is -0.484 e. The van der Waals surface area contributed by atoms with Crippen LogP contribution in [0.2, 0.25) is 0 Å². The van der Waals surface area contributed by atoms with Crippen molar-refractivity contribution in [2.75, 3.05) is 13.2 Å². The minimum atomic E-state index is -4.62. The highest BCUT2D eigenvalue weighted by Gasteiger charge is 2.30. The molecule has 156 valence electrons. The van der Waals surface area contributed by atoms with Crippen molar-refractivity contribution in [2.45, 2.75) is 19.3 Å². The zero-order valence-electron chi connectivity index (χ0n) is 15.1. The fourth-order valence-electron chi connectivity index (χ4n) is 2.48. The van der Waals surface area contributed by atoms with Gasteiger partial charge in [0.05, 0.1) is 0 Å². The van der Waals surface area contributed by atoms with Gasteiger partial charge < -0.3 is 9.47 Å². The van der Waals surface area contributed by atoms with Crippen LogP contribution in [0.15, 0.2) is 48.5 Å². The molecule has 0 N–H and O–H groups in total. The maximum absolute atomic E-state index is 12.6. The molecule has 0 bridgehead atoms. The number of carbonyl (C=O) groups is 1. The first-order chi connectivity index (χ1) is 13.5. The standard InChI is InChI=1S/C20H16F6O3/c1-13-3-2-4-14(9-13)16(7-8-27)17-10-15(28-11-19(21,22)23)5-6-18(17)29-12-20(24,25)26/h2-10H,11-12H2,1H3. The molecular weight excluding hydrogens is 402 g/mol. The van der Waals surface area contributed by atoms with Gasteiger partial charge in [0.1, 0.15) is 17.8 Å². The van der Waals surface area contributed by atoms with E-state index in [1.807, 2.05) is 0 Å². The Balaban J connectivity index is 2.52. The van der Waals surface area contributed by atoms with Crippen molar-refractivity contribution in [1.82, 2.24) is 0 Å². The molecular formula is C20H16F6O3. The van der Waals surface area contributed by atoms with E-state index in [4.69, 9.17) is 4.74 Å². The third kappa shape index (κ3) is 7.17. The van der Waals surface area contributed by atoms with Crippen LogP contribution in [0.5, 0.6) is 11.5 Å². The van der Waals surface area contributed by atoms with Gasteiger partial charge in [0.2, 0.25) is 0 Å². The van der Waals surface area contributed by atoms with E-state index in [0.717, 1.165) is 29.8 Å². The molecule has 0 saturated carbocycles. The summed E-state index contributed by atoms with van der Waals surface area (Å²) in [4.78, 5) is 11.1. The van der Waals surface area contributed by atoms with Crippen LogP contribution >= 0.6 is 0 Å². The topological polar surface area (TPSA) is 35.5 Å². The predicted molar refractivity (Wildman–Crippen MR) is 93.9 cm³/mol. The largest absolute Gasteiger partial charge is 0.484 e. The highest BCUT2D eigenvalue weighted by Crippen LogP contribution is 2.35. The van der Waals surface area contributed by atoms with Gasteiger partial charge in [0, 0.05) is 5.56 Å². The second kappa shape index (κ2) is 9.02. The minimum absolute atomic E-state index is 0.00776. The molecule has 0 amide bonds. The summed E-state index contributed by atoms with van der Waals surface area (Å²) in [7, 11) is 0. The van der Waals surface area contributed by atoms with Gasteiger partial charge in [0.25, 0.3) is 0 Å². The van der Waals surface area contributed by atoms with Crippen LogP contribution in [0, 0.1) is 6.92 Å². The first-order valence-corrected chi connectivity index (χ1v) is 8.24. The molecule has 0 aliphatic rings. The lowest BCUT2D eigenvalue weighted by Gasteiger charge is -2.17. The van der Waals surface area contributed by atoms with E-state index in [9.17, 15) is 31.1 Å². The summed E-state index contributed by atoms with van der Waals surface area (Å²) < 4.78 is 84.5. The molecule has 0 spiro atoms. The maximum atomic E-state index is 12.6. The van der Waals surface area contributed by atoms with Crippen LogP contribution in [-0.2, 0) is 4.79 Å². The summed E-state index contributed by atoms with van der Waals surface area (Å²) in [5.74, 6) is -0.488. The Kier molecular flexibility index (Phi) is 6.94. The number of hydrogen-bond acceptors (Lipinski definition) is 3. The van der Waals surface area contributed by atoms with Crippen molar-refractivity contribution in [3.63, 3.8) is 0 Å². The third-order valence-electron chi connectivity index (χ3n) is 3.60. The SMILES string of the molecule is Cc1cccc(C(=CC=O)c2cc(OCC(F)(F)F)ccc2OCC(F)(F)F)c1. The average molecular weight is 418 g/mol. The second-order valence-electron chi connectivity index (χ2n) is 6.05. The predicted octanol–water partition coefficient (Wildman–Crippen LogP) is 5.51. The van der Waals surface area contributed by atoms with Crippen LogP contribution in [-0.4, -0.2) is 31.9 Å². The summed E-state index contributed by atoms with van der Waals surface area (Å²) in [6.45, 7) is -1.41. The maximum Gasteiger partial charge on any atom is 0.422 e. The van der Waals surface area contributed by atoms with Gasteiger partial charge in [0.15, 0.2) is 13.2 Å². The van der Waals surface area contributed by atoms with Gasteiger partial charge >= 0.3 is 12.4 Å². The van der Waals surface area contributed by atoms with Crippen molar-refractivity contribution >= 4 is 11.9 Å². The van der Waals surface area contributed by atoms with Crippen LogP contribution in [0.3, 0.4) is 0 Å². The van der Waals surface area contributed by atoms with Crippen LogP contribution in [0.1, 0.15) is 16.7 Å². The van der Waals surface area contributed by atoms with E-state index in [2.05, 4.69) is 4.74 Å². The van der Waals surface area contributed by atoms with E-state index < -0.39 is 25.6 Å². The van der Waals surface area contributed by atoms with Gasteiger partial charge in [-0.15, -0.1) is 0 Å². The van der Waals surface area contributed by atoms with E-state index >= 15 is 0 Å². The molecule has 0 radical (unpaired) electrons. The lowest BCUT2D eigenvalue weighted by molar-refractivity contribution is -0.154. The number of halogens is 6. The number of benzene rings is 2. The third-order valence-corrected chi connectivity index (χ3v) is 3.60. The Morgan fingerprint density at radius 2 is 1.59 bits per heavy atom. The van der Waals surface area contributed by atoms with Gasteiger partial charge in [-0.2, -0.15) is 26.3 Å². The molecule has 2 aromatic carbocycles. The number of allylic oxidation sites excluding steroid dienone is 1. The van der Waals surface area contributed by atoms with Gasteiger partial charge in [-0.1, -0.05) is 29.8 Å². The molecule has 0 fully saturated rings. The number of carbonyl (C=O) groups excluding carboxylic acids is 1. The fourth-order valence-corrected chi connectivity index (χ4v) is 2.48. The molecule has 0 aromatic heterocycles. The molecule has 2 rings (SSSR count). The number of ether oxygens (including phenoxy) is 2. The molecule has 2 aromatic rings. The van der Waals surface area contributed by atoms with Crippen molar-refractivity contribution in [2.24, 2.45) is 0 Å². The van der Waals surface area contributed by atoms with Gasteiger partial charge in [-0.25, -0.2) is 0 Å². The van der Waals surface area contributed by atoms with Crippen LogP contribution < -0.4 is 9.47 Å². The quantitative estimate of drug-likeness (QED) is 0.338. The van der Waals surface area contributed by atoms with Gasteiger partial charge in [-0.3, -0.25) is 4.79 Å². The number of alkyl halides is 6. The van der Waals surface area contributed by atoms with E-state index in [1.165, 1.54) is 0 Å². The van der Waals surface area contributed by atoms with E-state index in [0.29, 0.717) is 11.8 Å². The lowest BCUT2D eigenvalue weighted by atomic mass is 9.95. The molecule has 0 unspecified atom stereocenters. The molecule has 3 nitrogen and oxygen atoms in total. The van der Waals surface area contributed by atoms with Crippen LogP contribution in [0.4, 0.5) is 26.3 Å². The Morgan fingerprint density at radius 1 is 0.931 bits per heavy atom. The molecule has 0 aliphatic heterocycles. The normalized spacial score (nSPS) is 12.6. The summed E-state index contributed by atoms with van der Waals surface area (Å²) in [5, 5.41) is 0. The summed E-state index contributed by atoms with van der Waals surface area (Å²) in [6, 6.07) is 9.97. The second-order valence-corrected chi connectivity index (χ2v) is 6.05. The van der Waals surface area contributed by atoms with Crippen molar-refractivity contribution in [3.8, 4) is 11.5 Å². The van der Waals surface area contributed by atoms with E-state index in [-0.39, 0.29) is 22.6 Å². The summed E-state index contributed by atoms with van der Waals surface area (Å²) >= 11 is 0. The molecule has 9 heteroatoms. The smallest absolute Gasteiger partial charge is 0.422 e. The zero-order valence-corrected chi connectivity index (χ0v) is 15.1. The monoisotopic (exact) mass is 418 g/mol. The number of aryl methyl sites for hydroxylation is 1. The first-order valence-electron chi connectivity index (χ1n) is 8.24. The summed E-state index contributed by atoms with van der Waals surface area (Å²) in [5.41, 5.74) is 1.45. The average Bonchev–Trinajstić information content (AvgIpc) is 2.62. The molecule has 0 heterocycles. The number of hydrogen-bond donors (Lipinski definition) is 0. The number of aldehydes is 1. The molecule has 29 heavy (non-hydrogen) atoms. The Bertz CT molecular complexity index is 885. The van der Waals surface area contributed by atoms with Crippen molar-refractivity contribution in [1.29, 1.82) is 0 Å². The Labute approximate surface area is 162 Å². The van der Waals surface area contributed by atoms with Crippen molar-refractivity contribution in [3.05, 3.63) is 65.2 Å². The van der Waals surface area contributed by atoms with Crippen LogP contribution in [0.25, 0.3) is 5.57 Å². The highest BCUT2D eigenvalue weighted by atomic mass is 19.4. The molecule has 0 aliphatic carbocycles. The Morgan fingerprint density at radius 3 is 2.17 bits per heavy atom. The Hall–Kier alpha value is -2.97. The zero-order chi connectivity index (χ0) is 21.7. The number of rotatable bonds is 7. The van der Waals surface area contributed by atoms with Crippen molar-refractivity contribution < 1.29 is 40.6 Å². The van der Waals surface area contributed by atoms with E-state index in [1.54, 1.807) is 31.2 Å². The molecule has 0 saturated heterocycles. The first kappa shape index (κ1) is 22.3.